The summed E-state index contributed by atoms with van der Waals surface area (Å²) in [5.74, 6) is 0.872. The topological polar surface area (TPSA) is 34.9 Å². The van der Waals surface area contributed by atoms with Crippen molar-refractivity contribution in [3.8, 4) is 0 Å². The molecule has 0 N–H and O–H groups in total. The first-order valence-electron chi connectivity index (χ1n) is 6.75. The zero-order valence-electron chi connectivity index (χ0n) is 11.9. The Hall–Kier alpha value is -1.94. The average Bonchev–Trinajstić information content (AvgIpc) is 2.75. The molecule has 0 amide bonds. The number of fused-ring (bicyclic) bond motifs is 1. The van der Waals surface area contributed by atoms with Crippen LogP contribution in [0.25, 0.3) is 11.0 Å². The normalized spacial score (nSPS) is 11.0. The lowest BCUT2D eigenvalue weighted by Crippen LogP contribution is -2.08. The van der Waals surface area contributed by atoms with Crippen LogP contribution in [0.3, 0.4) is 0 Å². The van der Waals surface area contributed by atoms with E-state index in [1.54, 1.807) is 0 Å². The quantitative estimate of drug-likeness (QED) is 0.672. The molecule has 0 aliphatic heterocycles. The summed E-state index contributed by atoms with van der Waals surface area (Å²) in [6, 6.07) is 13.7. The van der Waals surface area contributed by atoms with Crippen LogP contribution in [-0.2, 0) is 13.5 Å². The van der Waals surface area contributed by atoms with E-state index in [2.05, 4.69) is 20.9 Å². The Bertz CT molecular complexity index is 816. The van der Waals surface area contributed by atoms with Crippen LogP contribution in [0.2, 0.25) is 0 Å². The van der Waals surface area contributed by atoms with E-state index in [-0.39, 0.29) is 5.78 Å². The number of Topliss-reactive ketones (excluding diaryl/α,β-unsaturated/α-hetero) is 1. The number of para-hydroxylation sites is 2. The Morgan fingerprint density at radius 2 is 2.00 bits per heavy atom. The van der Waals surface area contributed by atoms with Gasteiger partial charge in [-0.2, -0.15) is 0 Å². The lowest BCUT2D eigenvalue weighted by Gasteiger charge is -2.04. The second kappa shape index (κ2) is 5.45. The molecule has 3 rings (SSSR count). The minimum Gasteiger partial charge on any atom is -0.331 e. The number of imidazole rings is 1. The van der Waals surface area contributed by atoms with E-state index < -0.39 is 0 Å². The van der Waals surface area contributed by atoms with Gasteiger partial charge in [-0.05, 0) is 42.8 Å². The third kappa shape index (κ3) is 2.76. The predicted molar refractivity (Wildman–Crippen MR) is 87.6 cm³/mol. The van der Waals surface area contributed by atoms with E-state index in [1.165, 1.54) is 0 Å². The fourth-order valence-electron chi connectivity index (χ4n) is 2.50. The first kappa shape index (κ1) is 14.0. The first-order chi connectivity index (χ1) is 10.0. The van der Waals surface area contributed by atoms with Crippen molar-refractivity contribution in [1.29, 1.82) is 0 Å². The van der Waals surface area contributed by atoms with Crippen molar-refractivity contribution < 1.29 is 4.79 Å². The van der Waals surface area contributed by atoms with E-state index in [0.29, 0.717) is 12.0 Å². The molecule has 0 radical (unpaired) electrons. The Kier molecular flexibility index (Phi) is 3.64. The summed E-state index contributed by atoms with van der Waals surface area (Å²) < 4.78 is 2.91. The minimum atomic E-state index is 0.0813. The van der Waals surface area contributed by atoms with E-state index in [0.717, 1.165) is 26.9 Å². The van der Waals surface area contributed by atoms with Gasteiger partial charge in [0.1, 0.15) is 5.82 Å². The molecule has 3 aromatic rings. The molecule has 0 spiro atoms. The molecule has 0 aliphatic rings. The summed E-state index contributed by atoms with van der Waals surface area (Å²) in [5, 5.41) is 0. The van der Waals surface area contributed by atoms with Crippen molar-refractivity contribution in [3.63, 3.8) is 0 Å². The molecule has 0 unspecified atom stereocenters. The summed E-state index contributed by atoms with van der Waals surface area (Å²) in [5.41, 5.74) is 3.76. The van der Waals surface area contributed by atoms with Gasteiger partial charge in [-0.3, -0.25) is 4.79 Å². The number of ketones is 1. The third-order valence-electron chi connectivity index (χ3n) is 3.56. The number of aromatic nitrogens is 2. The fourth-order valence-corrected chi connectivity index (χ4v) is 3.10. The number of carbonyl (C=O) groups is 1. The SMILES string of the molecule is Cc1cc(Br)cc(C(=O)Cc2nc3ccccc3n2C)c1. The highest BCUT2D eigenvalue weighted by molar-refractivity contribution is 9.10. The summed E-state index contributed by atoms with van der Waals surface area (Å²) in [6.45, 7) is 1.98. The van der Waals surface area contributed by atoms with Gasteiger partial charge in [-0.1, -0.05) is 28.1 Å². The number of carbonyl (C=O) groups excluding carboxylic acids is 1. The van der Waals surface area contributed by atoms with Gasteiger partial charge in [-0.15, -0.1) is 0 Å². The van der Waals surface area contributed by atoms with Crippen LogP contribution in [0.4, 0.5) is 0 Å². The van der Waals surface area contributed by atoms with Gasteiger partial charge >= 0.3 is 0 Å². The smallest absolute Gasteiger partial charge is 0.170 e. The highest BCUT2D eigenvalue weighted by atomic mass is 79.9. The number of aryl methyl sites for hydroxylation is 2. The lowest BCUT2D eigenvalue weighted by atomic mass is 10.1. The highest BCUT2D eigenvalue weighted by Gasteiger charge is 2.14. The van der Waals surface area contributed by atoms with Gasteiger partial charge in [0.25, 0.3) is 0 Å². The molecule has 21 heavy (non-hydrogen) atoms. The second-order valence-corrected chi connectivity index (χ2v) is 6.11. The number of hydrogen-bond donors (Lipinski definition) is 0. The third-order valence-corrected chi connectivity index (χ3v) is 4.02. The molecule has 2 aromatic carbocycles. The van der Waals surface area contributed by atoms with Gasteiger partial charge in [0, 0.05) is 17.1 Å². The Balaban J connectivity index is 1.94. The van der Waals surface area contributed by atoms with Gasteiger partial charge in [0.05, 0.1) is 17.5 Å². The number of nitrogens with zero attached hydrogens (tertiary/aromatic N) is 2. The number of hydrogen-bond acceptors (Lipinski definition) is 2. The van der Waals surface area contributed by atoms with Crippen molar-refractivity contribution in [2.75, 3.05) is 0 Å². The number of halogens is 1. The summed E-state index contributed by atoms with van der Waals surface area (Å²) in [6.07, 6.45) is 0.307. The maximum Gasteiger partial charge on any atom is 0.170 e. The fraction of sp³-hybridized carbons (Fsp3) is 0.176. The Morgan fingerprint density at radius 3 is 2.71 bits per heavy atom. The zero-order chi connectivity index (χ0) is 15.0. The van der Waals surface area contributed by atoms with Gasteiger partial charge in [-0.25, -0.2) is 4.98 Å². The van der Waals surface area contributed by atoms with Crippen LogP contribution in [0.1, 0.15) is 21.7 Å². The van der Waals surface area contributed by atoms with Crippen molar-refractivity contribution in [1.82, 2.24) is 9.55 Å². The van der Waals surface area contributed by atoms with Crippen LogP contribution in [0, 0.1) is 6.92 Å². The maximum absolute atomic E-state index is 12.5. The molecule has 106 valence electrons. The molecule has 0 aliphatic carbocycles. The molecule has 3 nitrogen and oxygen atoms in total. The van der Waals surface area contributed by atoms with Crippen molar-refractivity contribution in [2.24, 2.45) is 7.05 Å². The van der Waals surface area contributed by atoms with Gasteiger partial charge in [0.2, 0.25) is 0 Å². The standard InChI is InChI=1S/C17H15BrN2O/c1-11-7-12(9-13(18)8-11)16(21)10-17-19-14-5-3-4-6-15(14)20(17)2/h3-9H,10H2,1-2H3. The average molecular weight is 343 g/mol. The van der Waals surface area contributed by atoms with Crippen LogP contribution >= 0.6 is 15.9 Å². The van der Waals surface area contributed by atoms with Crippen LogP contribution in [0.15, 0.2) is 46.9 Å². The first-order valence-corrected chi connectivity index (χ1v) is 7.54. The van der Waals surface area contributed by atoms with Crippen molar-refractivity contribution in [3.05, 3.63) is 63.9 Å². The van der Waals surface area contributed by atoms with E-state index in [9.17, 15) is 4.79 Å². The van der Waals surface area contributed by atoms with E-state index >= 15 is 0 Å². The second-order valence-electron chi connectivity index (χ2n) is 5.19. The van der Waals surface area contributed by atoms with E-state index in [1.807, 2.05) is 61.0 Å². The summed E-state index contributed by atoms with van der Waals surface area (Å²) in [4.78, 5) is 17.0. The molecule has 1 heterocycles. The number of benzene rings is 2. The number of rotatable bonds is 3. The van der Waals surface area contributed by atoms with Crippen LogP contribution in [0.5, 0.6) is 0 Å². The molecule has 0 saturated carbocycles. The summed E-state index contributed by atoms with van der Waals surface area (Å²) >= 11 is 3.44. The molecule has 0 fully saturated rings. The molecular weight excluding hydrogens is 328 g/mol. The molecule has 4 heteroatoms. The molecular formula is C17H15BrN2O. The van der Waals surface area contributed by atoms with Crippen LogP contribution in [-0.4, -0.2) is 15.3 Å². The zero-order valence-corrected chi connectivity index (χ0v) is 13.5. The van der Waals surface area contributed by atoms with Crippen molar-refractivity contribution >= 4 is 32.7 Å². The Morgan fingerprint density at radius 1 is 1.24 bits per heavy atom. The predicted octanol–water partition coefficient (Wildman–Crippen LogP) is 4.07. The van der Waals surface area contributed by atoms with Gasteiger partial charge < -0.3 is 4.57 Å². The highest BCUT2D eigenvalue weighted by Crippen LogP contribution is 2.19. The minimum absolute atomic E-state index is 0.0813. The van der Waals surface area contributed by atoms with Gasteiger partial charge in [0.15, 0.2) is 5.78 Å². The molecule has 0 saturated heterocycles. The van der Waals surface area contributed by atoms with Crippen LogP contribution < -0.4 is 0 Å². The van der Waals surface area contributed by atoms with E-state index in [4.69, 9.17) is 0 Å². The van der Waals surface area contributed by atoms with Crippen molar-refractivity contribution in [2.45, 2.75) is 13.3 Å². The Labute approximate surface area is 131 Å². The molecule has 1 aromatic heterocycles. The molecule has 0 bridgehead atoms. The monoisotopic (exact) mass is 342 g/mol. The lowest BCUT2D eigenvalue weighted by molar-refractivity contribution is 0.0990. The summed E-state index contributed by atoms with van der Waals surface area (Å²) in [7, 11) is 1.95. The largest absolute Gasteiger partial charge is 0.331 e. The molecule has 0 atom stereocenters. The maximum atomic E-state index is 12.5.